The number of ether oxygens (including phenoxy) is 2. The third-order valence-electron chi connectivity index (χ3n) is 4.65. The van der Waals surface area contributed by atoms with Crippen LogP contribution in [0, 0.1) is 6.92 Å². The van der Waals surface area contributed by atoms with Gasteiger partial charge in [-0.3, -0.25) is 4.99 Å². The van der Waals surface area contributed by atoms with Gasteiger partial charge in [0.25, 0.3) is 0 Å². The highest BCUT2D eigenvalue weighted by Gasteiger charge is 2.07. The number of aromatic nitrogens is 3. The Bertz CT molecular complexity index is 972. The first kappa shape index (κ1) is 22.3. The molecular weight excluding hydrogens is 392 g/mol. The predicted molar refractivity (Wildman–Crippen MR) is 122 cm³/mol. The summed E-state index contributed by atoms with van der Waals surface area (Å²) in [6.45, 7) is 4.59. The molecule has 0 aliphatic carbocycles. The summed E-state index contributed by atoms with van der Waals surface area (Å²) >= 11 is 0. The molecule has 2 heterocycles. The largest absolute Gasteiger partial charge is 0.493 e. The van der Waals surface area contributed by atoms with Gasteiger partial charge in [0, 0.05) is 64.4 Å². The number of hydrogen-bond acceptors (Lipinski definition) is 5. The number of benzene rings is 1. The molecule has 0 aliphatic heterocycles. The summed E-state index contributed by atoms with van der Waals surface area (Å²) < 4.78 is 12.8. The molecule has 0 bridgehead atoms. The molecule has 0 aliphatic rings. The lowest BCUT2D eigenvalue weighted by molar-refractivity contribution is 0.171. The second-order valence-corrected chi connectivity index (χ2v) is 7.06. The Hall–Kier alpha value is -3.39. The second kappa shape index (κ2) is 11.7. The average molecular weight is 423 g/mol. The van der Waals surface area contributed by atoms with Crippen molar-refractivity contribution in [2.24, 2.45) is 4.99 Å². The van der Waals surface area contributed by atoms with E-state index in [-0.39, 0.29) is 0 Å². The van der Waals surface area contributed by atoms with Gasteiger partial charge < -0.3 is 20.1 Å². The van der Waals surface area contributed by atoms with Crippen LogP contribution in [0.2, 0.25) is 0 Å². The molecule has 1 aromatic carbocycles. The summed E-state index contributed by atoms with van der Waals surface area (Å²) in [7, 11) is 3.46. The maximum absolute atomic E-state index is 5.97. The van der Waals surface area contributed by atoms with Crippen molar-refractivity contribution in [3.8, 4) is 11.6 Å². The van der Waals surface area contributed by atoms with Crippen LogP contribution in [0.3, 0.4) is 0 Å². The van der Waals surface area contributed by atoms with E-state index in [0.717, 1.165) is 29.1 Å². The second-order valence-electron chi connectivity index (χ2n) is 7.06. The van der Waals surface area contributed by atoms with E-state index < -0.39 is 0 Å². The average Bonchev–Trinajstić information content (AvgIpc) is 3.33. The molecule has 0 fully saturated rings. The highest BCUT2D eigenvalue weighted by Crippen LogP contribution is 2.20. The van der Waals surface area contributed by atoms with Gasteiger partial charge in [-0.1, -0.05) is 12.1 Å². The van der Waals surface area contributed by atoms with Crippen molar-refractivity contribution in [2.75, 3.05) is 27.4 Å². The minimum Gasteiger partial charge on any atom is -0.493 e. The molecule has 0 saturated carbocycles. The lowest BCUT2D eigenvalue weighted by Gasteiger charge is -2.16. The zero-order chi connectivity index (χ0) is 21.9. The summed E-state index contributed by atoms with van der Waals surface area (Å²) in [6, 6.07) is 12.1. The van der Waals surface area contributed by atoms with Gasteiger partial charge in [0.05, 0.1) is 6.61 Å². The fraction of sp³-hybridized carbons (Fsp3) is 0.348. The molecule has 2 N–H and O–H groups in total. The third-order valence-corrected chi connectivity index (χ3v) is 4.65. The van der Waals surface area contributed by atoms with Crippen molar-refractivity contribution in [2.45, 2.75) is 26.4 Å². The van der Waals surface area contributed by atoms with Crippen molar-refractivity contribution in [1.29, 1.82) is 0 Å². The van der Waals surface area contributed by atoms with Crippen molar-refractivity contribution in [1.82, 2.24) is 25.4 Å². The van der Waals surface area contributed by atoms with Gasteiger partial charge in [-0.2, -0.15) is 5.10 Å². The molecule has 2 aromatic heterocycles. The highest BCUT2D eigenvalue weighted by atomic mass is 16.5. The maximum Gasteiger partial charge on any atom is 0.191 e. The van der Waals surface area contributed by atoms with E-state index >= 15 is 0 Å². The van der Waals surface area contributed by atoms with Gasteiger partial charge in [-0.05, 0) is 42.3 Å². The van der Waals surface area contributed by atoms with E-state index in [2.05, 4.69) is 50.8 Å². The van der Waals surface area contributed by atoms with E-state index in [9.17, 15) is 0 Å². The Morgan fingerprint density at radius 3 is 2.74 bits per heavy atom. The SMILES string of the molecule is CN=C(NCc1ccnc(-n2cccn2)c1)NCc1ccc(C)cc1OCCCOC. The standard InChI is InChI=1S/C23H30N6O2/c1-18-6-7-20(21(14-18)31-13-5-12-30-3)17-27-23(24-2)26-16-19-8-10-25-22(15-19)29-11-4-9-28-29/h4,6-11,14-15H,5,12-13,16-17H2,1-3H3,(H2,24,26,27). The first-order valence-corrected chi connectivity index (χ1v) is 10.3. The third kappa shape index (κ3) is 6.82. The summed E-state index contributed by atoms with van der Waals surface area (Å²) in [6.07, 6.45) is 6.24. The number of guanidine groups is 1. The minimum atomic E-state index is 0.606. The number of methoxy groups -OCH3 is 1. The number of aryl methyl sites for hydroxylation is 1. The molecule has 31 heavy (non-hydrogen) atoms. The first-order valence-electron chi connectivity index (χ1n) is 10.3. The molecule has 0 saturated heterocycles. The molecule has 0 radical (unpaired) electrons. The lowest BCUT2D eigenvalue weighted by Crippen LogP contribution is -2.36. The number of rotatable bonds is 10. The highest BCUT2D eigenvalue weighted by molar-refractivity contribution is 5.79. The van der Waals surface area contributed by atoms with Crippen LogP contribution in [-0.2, 0) is 17.8 Å². The van der Waals surface area contributed by atoms with Gasteiger partial charge in [0.15, 0.2) is 11.8 Å². The van der Waals surface area contributed by atoms with Crippen molar-refractivity contribution < 1.29 is 9.47 Å². The molecular formula is C23H30N6O2. The zero-order valence-electron chi connectivity index (χ0n) is 18.3. The number of pyridine rings is 1. The Kier molecular flexibility index (Phi) is 8.42. The van der Waals surface area contributed by atoms with Crippen LogP contribution in [0.15, 0.2) is 60.0 Å². The van der Waals surface area contributed by atoms with Crippen molar-refractivity contribution in [3.63, 3.8) is 0 Å². The van der Waals surface area contributed by atoms with Crippen molar-refractivity contribution >= 4 is 5.96 Å². The molecule has 3 rings (SSSR count). The van der Waals surface area contributed by atoms with Gasteiger partial charge in [0.2, 0.25) is 0 Å². The van der Waals surface area contributed by atoms with Crippen LogP contribution in [0.1, 0.15) is 23.1 Å². The Morgan fingerprint density at radius 2 is 1.97 bits per heavy atom. The lowest BCUT2D eigenvalue weighted by atomic mass is 10.1. The van der Waals surface area contributed by atoms with Crippen molar-refractivity contribution in [3.05, 3.63) is 71.7 Å². The molecule has 0 amide bonds. The van der Waals surface area contributed by atoms with E-state index in [1.807, 2.05) is 24.4 Å². The molecule has 8 nitrogen and oxygen atoms in total. The van der Waals surface area contributed by atoms with Crippen LogP contribution in [0.25, 0.3) is 5.82 Å². The normalized spacial score (nSPS) is 11.4. The summed E-state index contributed by atoms with van der Waals surface area (Å²) in [5.41, 5.74) is 3.33. The molecule has 0 spiro atoms. The first-order chi connectivity index (χ1) is 15.2. The van der Waals surface area contributed by atoms with Crippen LogP contribution < -0.4 is 15.4 Å². The van der Waals surface area contributed by atoms with Gasteiger partial charge in [-0.15, -0.1) is 0 Å². The monoisotopic (exact) mass is 422 g/mol. The van der Waals surface area contributed by atoms with E-state index in [1.165, 1.54) is 5.56 Å². The Labute approximate surface area is 183 Å². The number of nitrogens with zero attached hydrogens (tertiary/aromatic N) is 4. The topological polar surface area (TPSA) is 85.6 Å². The van der Waals surface area contributed by atoms with Gasteiger partial charge in [0.1, 0.15) is 5.75 Å². The molecule has 3 aromatic rings. The zero-order valence-corrected chi connectivity index (χ0v) is 18.3. The predicted octanol–water partition coefficient (Wildman–Crippen LogP) is 2.86. The van der Waals surface area contributed by atoms with Crippen LogP contribution in [0.4, 0.5) is 0 Å². The molecule has 8 heteroatoms. The van der Waals surface area contributed by atoms with E-state index in [4.69, 9.17) is 9.47 Å². The van der Waals surface area contributed by atoms with Crippen LogP contribution >= 0.6 is 0 Å². The molecule has 0 unspecified atom stereocenters. The smallest absolute Gasteiger partial charge is 0.191 e. The number of aliphatic imine (C=N–C) groups is 1. The Balaban J connectivity index is 1.56. The minimum absolute atomic E-state index is 0.606. The van der Waals surface area contributed by atoms with Gasteiger partial charge >= 0.3 is 0 Å². The number of nitrogens with one attached hydrogen (secondary N) is 2. The quantitative estimate of drug-likeness (QED) is 0.297. The molecule has 164 valence electrons. The maximum atomic E-state index is 5.97. The van der Waals surface area contributed by atoms with Gasteiger partial charge in [-0.25, -0.2) is 9.67 Å². The van der Waals surface area contributed by atoms with E-state index in [0.29, 0.717) is 32.3 Å². The summed E-state index contributed by atoms with van der Waals surface area (Å²) in [5.74, 6) is 2.38. The van der Waals surface area contributed by atoms with Crippen LogP contribution in [-0.4, -0.2) is 48.1 Å². The molecule has 0 atom stereocenters. The number of hydrogen-bond donors (Lipinski definition) is 2. The summed E-state index contributed by atoms with van der Waals surface area (Å²) in [5, 5.41) is 10.9. The Morgan fingerprint density at radius 1 is 1.10 bits per heavy atom. The fourth-order valence-corrected chi connectivity index (χ4v) is 3.01. The van der Waals surface area contributed by atoms with E-state index in [1.54, 1.807) is 31.2 Å². The fourth-order valence-electron chi connectivity index (χ4n) is 3.01. The summed E-state index contributed by atoms with van der Waals surface area (Å²) in [4.78, 5) is 8.69. The van der Waals surface area contributed by atoms with Crippen LogP contribution in [0.5, 0.6) is 5.75 Å².